The first-order chi connectivity index (χ1) is 13.8. The van der Waals surface area contributed by atoms with Crippen molar-refractivity contribution in [1.82, 2.24) is 10.3 Å². The van der Waals surface area contributed by atoms with Crippen molar-refractivity contribution < 1.29 is 14.3 Å². The normalized spacial score (nSPS) is 11.2. The van der Waals surface area contributed by atoms with E-state index in [-0.39, 0.29) is 17.9 Å². The lowest BCUT2D eigenvalue weighted by molar-refractivity contribution is -0.123. The average Bonchev–Trinajstić information content (AvgIpc) is 3.19. The lowest BCUT2D eigenvalue weighted by Gasteiger charge is -2.19. The number of carbonyl (C=O) groups excluding carboxylic acids is 1. The first-order valence-corrected chi connectivity index (χ1v) is 10.3. The van der Waals surface area contributed by atoms with Crippen LogP contribution in [0.5, 0.6) is 11.5 Å². The third-order valence-electron chi connectivity index (χ3n) is 4.45. The van der Waals surface area contributed by atoms with Crippen LogP contribution in [0.3, 0.4) is 0 Å². The van der Waals surface area contributed by atoms with E-state index >= 15 is 0 Å². The van der Waals surface area contributed by atoms with E-state index in [9.17, 15) is 4.79 Å². The molecule has 0 aliphatic carbocycles. The molecule has 0 spiro atoms. The largest absolute Gasteiger partial charge is 0.497 e. The van der Waals surface area contributed by atoms with Crippen molar-refractivity contribution in [2.24, 2.45) is 0 Å². The van der Waals surface area contributed by atoms with E-state index in [1.807, 2.05) is 53.9 Å². The Morgan fingerprint density at radius 2 is 1.69 bits per heavy atom. The molecule has 3 aromatic rings. The van der Waals surface area contributed by atoms with Crippen molar-refractivity contribution in [2.45, 2.75) is 32.7 Å². The zero-order chi connectivity index (χ0) is 20.9. The predicted molar refractivity (Wildman–Crippen MR) is 117 cm³/mol. The number of ether oxygens (including phenoxy) is 2. The van der Waals surface area contributed by atoms with Gasteiger partial charge in [0.1, 0.15) is 16.5 Å². The van der Waals surface area contributed by atoms with Crippen LogP contribution in [0, 0.1) is 0 Å². The molecule has 0 aliphatic heterocycles. The van der Waals surface area contributed by atoms with E-state index in [0.717, 1.165) is 22.0 Å². The second-order valence-electron chi connectivity index (χ2n) is 7.71. The second-order valence-corrected chi connectivity index (χ2v) is 8.57. The maximum absolute atomic E-state index is 12.1. The highest BCUT2D eigenvalue weighted by atomic mass is 32.1. The number of rotatable bonds is 7. The summed E-state index contributed by atoms with van der Waals surface area (Å²) in [4.78, 5) is 16.7. The number of thiazole rings is 1. The Hall–Kier alpha value is -2.86. The molecule has 0 saturated heterocycles. The molecule has 152 valence electrons. The highest BCUT2D eigenvalue weighted by molar-refractivity contribution is 7.13. The SMILES string of the molecule is COc1ccc(-c2nc(CNC(=O)COc3ccc(C(C)(C)C)cc3)cs2)cc1. The van der Waals surface area contributed by atoms with Gasteiger partial charge >= 0.3 is 0 Å². The summed E-state index contributed by atoms with van der Waals surface area (Å²) in [6.45, 7) is 6.83. The Morgan fingerprint density at radius 1 is 1.03 bits per heavy atom. The average molecular weight is 411 g/mol. The van der Waals surface area contributed by atoms with Gasteiger partial charge in [-0.05, 0) is 47.4 Å². The summed E-state index contributed by atoms with van der Waals surface area (Å²) in [6.07, 6.45) is 0. The molecule has 0 bridgehead atoms. The van der Waals surface area contributed by atoms with Crippen molar-refractivity contribution in [1.29, 1.82) is 0 Å². The monoisotopic (exact) mass is 410 g/mol. The number of hydrogen-bond donors (Lipinski definition) is 1. The Balaban J connectivity index is 1.47. The van der Waals surface area contributed by atoms with Crippen LogP contribution in [0.25, 0.3) is 10.6 Å². The third kappa shape index (κ3) is 5.81. The van der Waals surface area contributed by atoms with E-state index in [1.165, 1.54) is 5.56 Å². The van der Waals surface area contributed by atoms with Crippen molar-refractivity contribution in [2.75, 3.05) is 13.7 Å². The highest BCUT2D eigenvalue weighted by Crippen LogP contribution is 2.26. The van der Waals surface area contributed by atoms with Crippen LogP contribution in [0.1, 0.15) is 32.0 Å². The molecule has 2 aromatic carbocycles. The number of amides is 1. The van der Waals surface area contributed by atoms with Crippen molar-refractivity contribution >= 4 is 17.2 Å². The minimum absolute atomic E-state index is 0.0235. The van der Waals surface area contributed by atoms with Crippen LogP contribution in [0.4, 0.5) is 0 Å². The van der Waals surface area contributed by atoms with Gasteiger partial charge in [0.2, 0.25) is 0 Å². The molecule has 1 N–H and O–H groups in total. The fraction of sp³-hybridized carbons (Fsp3) is 0.304. The molecule has 0 fully saturated rings. The van der Waals surface area contributed by atoms with Gasteiger partial charge in [-0.1, -0.05) is 32.9 Å². The van der Waals surface area contributed by atoms with Gasteiger partial charge in [-0.15, -0.1) is 11.3 Å². The molecular weight excluding hydrogens is 384 g/mol. The van der Waals surface area contributed by atoms with Gasteiger partial charge < -0.3 is 14.8 Å². The Bertz CT molecular complexity index is 942. The van der Waals surface area contributed by atoms with Crippen molar-refractivity contribution in [3.8, 4) is 22.1 Å². The number of carbonyl (C=O) groups is 1. The molecule has 6 heteroatoms. The van der Waals surface area contributed by atoms with Crippen LogP contribution >= 0.6 is 11.3 Å². The van der Waals surface area contributed by atoms with Crippen LogP contribution in [0.2, 0.25) is 0 Å². The summed E-state index contributed by atoms with van der Waals surface area (Å²) in [5, 5.41) is 5.71. The molecule has 3 rings (SSSR count). The summed E-state index contributed by atoms with van der Waals surface area (Å²) in [7, 11) is 1.64. The number of hydrogen-bond acceptors (Lipinski definition) is 5. The predicted octanol–water partition coefficient (Wildman–Crippen LogP) is 4.81. The van der Waals surface area contributed by atoms with E-state index in [4.69, 9.17) is 9.47 Å². The number of aromatic nitrogens is 1. The summed E-state index contributed by atoms with van der Waals surface area (Å²) in [5.41, 5.74) is 3.17. The third-order valence-corrected chi connectivity index (χ3v) is 5.39. The number of methoxy groups -OCH3 is 1. The van der Waals surface area contributed by atoms with Gasteiger partial charge in [-0.3, -0.25) is 4.79 Å². The zero-order valence-electron chi connectivity index (χ0n) is 17.2. The van der Waals surface area contributed by atoms with Gasteiger partial charge in [-0.25, -0.2) is 4.98 Å². The second kappa shape index (κ2) is 9.09. The van der Waals surface area contributed by atoms with Gasteiger partial charge in [0, 0.05) is 10.9 Å². The Kier molecular flexibility index (Phi) is 6.54. The molecule has 5 nitrogen and oxygen atoms in total. The molecule has 0 aliphatic rings. The quantitative estimate of drug-likeness (QED) is 0.607. The lowest BCUT2D eigenvalue weighted by Crippen LogP contribution is -2.28. The molecule has 29 heavy (non-hydrogen) atoms. The summed E-state index contributed by atoms with van der Waals surface area (Å²) in [5.74, 6) is 1.32. The molecule has 1 heterocycles. The molecule has 0 unspecified atom stereocenters. The van der Waals surface area contributed by atoms with Crippen molar-refractivity contribution in [3.05, 3.63) is 65.2 Å². The summed E-state index contributed by atoms with van der Waals surface area (Å²) < 4.78 is 10.8. The number of nitrogens with one attached hydrogen (secondary N) is 1. The fourth-order valence-corrected chi connectivity index (χ4v) is 3.52. The number of nitrogens with zero attached hydrogens (tertiary/aromatic N) is 1. The molecule has 0 saturated carbocycles. The standard InChI is InChI=1S/C23H26N2O3S/c1-23(2,3)17-7-11-20(12-8-17)28-14-21(26)24-13-18-15-29-22(25-18)16-5-9-19(27-4)10-6-16/h5-12,15H,13-14H2,1-4H3,(H,24,26). The van der Waals surface area contributed by atoms with Gasteiger partial charge in [-0.2, -0.15) is 0 Å². The number of benzene rings is 2. The Morgan fingerprint density at radius 3 is 2.31 bits per heavy atom. The minimum atomic E-state index is -0.177. The molecular formula is C23H26N2O3S. The van der Waals surface area contributed by atoms with Gasteiger partial charge in [0.25, 0.3) is 5.91 Å². The van der Waals surface area contributed by atoms with E-state index in [1.54, 1.807) is 18.4 Å². The maximum Gasteiger partial charge on any atom is 0.258 e. The fourth-order valence-electron chi connectivity index (χ4n) is 2.69. The zero-order valence-corrected chi connectivity index (χ0v) is 18.0. The van der Waals surface area contributed by atoms with E-state index < -0.39 is 0 Å². The molecule has 0 atom stereocenters. The smallest absolute Gasteiger partial charge is 0.258 e. The lowest BCUT2D eigenvalue weighted by atomic mass is 9.87. The summed E-state index contributed by atoms with van der Waals surface area (Å²) >= 11 is 1.55. The maximum atomic E-state index is 12.1. The van der Waals surface area contributed by atoms with Gasteiger partial charge in [0.05, 0.1) is 19.3 Å². The molecule has 1 aromatic heterocycles. The van der Waals surface area contributed by atoms with Crippen LogP contribution < -0.4 is 14.8 Å². The van der Waals surface area contributed by atoms with E-state index in [2.05, 4.69) is 31.1 Å². The Labute approximate surface area is 175 Å². The first kappa shape index (κ1) is 20.9. The van der Waals surface area contributed by atoms with Crippen molar-refractivity contribution in [3.63, 3.8) is 0 Å². The first-order valence-electron chi connectivity index (χ1n) is 9.44. The topological polar surface area (TPSA) is 60.5 Å². The highest BCUT2D eigenvalue weighted by Gasteiger charge is 2.13. The van der Waals surface area contributed by atoms with Gasteiger partial charge in [0.15, 0.2) is 6.61 Å². The summed E-state index contributed by atoms with van der Waals surface area (Å²) in [6, 6.07) is 15.6. The molecule has 0 radical (unpaired) electrons. The van der Waals surface area contributed by atoms with Crippen LogP contribution in [-0.2, 0) is 16.8 Å². The molecule has 1 amide bonds. The van der Waals surface area contributed by atoms with E-state index in [0.29, 0.717) is 12.3 Å². The van der Waals surface area contributed by atoms with Crippen LogP contribution in [0.15, 0.2) is 53.9 Å². The van der Waals surface area contributed by atoms with Crippen LogP contribution in [-0.4, -0.2) is 24.6 Å². The minimum Gasteiger partial charge on any atom is -0.497 e.